The van der Waals surface area contributed by atoms with E-state index in [-0.39, 0.29) is 0 Å². The van der Waals surface area contributed by atoms with E-state index in [0.29, 0.717) is 13.4 Å². The average Bonchev–Trinajstić information content (AvgIpc) is 2.05. The largest absolute Gasteiger partial charge is 0.359 e. The Kier molecular flexibility index (Phi) is 3.84. The second kappa shape index (κ2) is 4.96. The van der Waals surface area contributed by atoms with E-state index in [0.717, 1.165) is 11.0 Å². The molecule has 1 aromatic rings. The first kappa shape index (κ1) is 9.29. The van der Waals surface area contributed by atoms with E-state index in [2.05, 4.69) is 0 Å². The second-order valence-corrected chi connectivity index (χ2v) is 2.50. The highest BCUT2D eigenvalue weighted by atomic mass is 16.7. The first-order valence-corrected chi connectivity index (χ1v) is 3.74. The summed E-state index contributed by atoms with van der Waals surface area (Å²) in [6.07, 6.45) is 0. The zero-order valence-corrected chi connectivity index (χ0v) is 7.12. The molecule has 0 aliphatic heterocycles. The van der Waals surface area contributed by atoms with E-state index >= 15 is 0 Å². The summed E-state index contributed by atoms with van der Waals surface area (Å²) in [5, 5.41) is 0. The summed E-state index contributed by atoms with van der Waals surface area (Å²) in [6, 6.07) is 7.60. The van der Waals surface area contributed by atoms with Crippen LogP contribution in [0.4, 0.5) is 0 Å². The van der Waals surface area contributed by atoms with E-state index < -0.39 is 0 Å². The Balaban J connectivity index is 2.41. The van der Waals surface area contributed by atoms with Crippen molar-refractivity contribution in [2.24, 2.45) is 0 Å². The molecule has 0 bridgehead atoms. The van der Waals surface area contributed by atoms with Gasteiger partial charge in [-0.05, 0) is 5.56 Å². The maximum Gasteiger partial charge on any atom is 0.146 e. The smallest absolute Gasteiger partial charge is 0.146 e. The third-order valence-corrected chi connectivity index (χ3v) is 1.42. The maximum absolute atomic E-state index is 5.58. The van der Waals surface area contributed by atoms with Gasteiger partial charge in [-0.1, -0.05) is 29.7 Å². The van der Waals surface area contributed by atoms with Gasteiger partial charge in [-0.25, -0.2) is 0 Å². The van der Waals surface area contributed by atoms with Crippen molar-refractivity contribution in [3.63, 3.8) is 0 Å². The Morgan fingerprint density at radius 3 is 2.92 bits per heavy atom. The molecule has 0 fully saturated rings. The Morgan fingerprint density at radius 1 is 1.42 bits per heavy atom. The summed E-state index contributed by atoms with van der Waals surface area (Å²) < 4.78 is 9.89. The minimum atomic E-state index is 0.314. The van der Waals surface area contributed by atoms with Crippen molar-refractivity contribution in [1.29, 1.82) is 0 Å². The zero-order chi connectivity index (χ0) is 8.81. The maximum atomic E-state index is 5.58. The first-order chi connectivity index (χ1) is 5.83. The van der Waals surface area contributed by atoms with Gasteiger partial charge in [0.25, 0.3) is 0 Å². The number of ether oxygens (including phenoxy) is 2. The molecule has 2 radical (unpaired) electrons. The predicted octanol–water partition coefficient (Wildman–Crippen LogP) is 0.601. The van der Waals surface area contributed by atoms with Gasteiger partial charge in [0.15, 0.2) is 0 Å². The van der Waals surface area contributed by atoms with Crippen molar-refractivity contribution in [3.05, 3.63) is 29.8 Å². The van der Waals surface area contributed by atoms with Crippen LogP contribution >= 0.6 is 0 Å². The van der Waals surface area contributed by atoms with Crippen LogP contribution in [0.25, 0.3) is 0 Å². The van der Waals surface area contributed by atoms with Gasteiger partial charge < -0.3 is 9.47 Å². The molecule has 62 valence electrons. The predicted molar refractivity (Wildman–Crippen MR) is 48.5 cm³/mol. The van der Waals surface area contributed by atoms with Crippen LogP contribution in [0.1, 0.15) is 5.56 Å². The molecular weight excluding hydrogens is 151 g/mol. The topological polar surface area (TPSA) is 18.5 Å². The molecule has 0 aliphatic rings. The van der Waals surface area contributed by atoms with Crippen molar-refractivity contribution in [2.75, 3.05) is 13.9 Å². The summed E-state index contributed by atoms with van der Waals surface area (Å²) in [6.45, 7) is 0.855. The third kappa shape index (κ3) is 3.07. The van der Waals surface area contributed by atoms with Gasteiger partial charge in [-0.15, -0.1) is 0 Å². The summed E-state index contributed by atoms with van der Waals surface area (Å²) in [5.74, 6) is 0. The van der Waals surface area contributed by atoms with E-state index in [1.807, 2.05) is 24.3 Å². The summed E-state index contributed by atoms with van der Waals surface area (Å²) in [5.41, 5.74) is 1.82. The van der Waals surface area contributed by atoms with Crippen LogP contribution in [-0.4, -0.2) is 21.7 Å². The summed E-state index contributed by atoms with van der Waals surface area (Å²) >= 11 is 0. The highest BCUT2D eigenvalue weighted by molar-refractivity contribution is 6.32. The summed E-state index contributed by atoms with van der Waals surface area (Å²) in [4.78, 5) is 0. The molecule has 0 saturated heterocycles. The molecule has 0 N–H and O–H groups in total. The minimum Gasteiger partial charge on any atom is -0.359 e. The fraction of sp³-hybridized carbons (Fsp3) is 0.333. The Labute approximate surface area is 73.9 Å². The molecule has 2 nitrogen and oxygen atoms in total. The number of benzene rings is 1. The van der Waals surface area contributed by atoms with Crippen molar-refractivity contribution < 1.29 is 9.47 Å². The fourth-order valence-corrected chi connectivity index (χ4v) is 0.926. The van der Waals surface area contributed by atoms with Crippen LogP contribution < -0.4 is 5.46 Å². The lowest BCUT2D eigenvalue weighted by Crippen LogP contribution is -2.04. The van der Waals surface area contributed by atoms with Crippen molar-refractivity contribution >= 4 is 13.3 Å². The number of hydrogen-bond acceptors (Lipinski definition) is 2. The molecule has 0 atom stereocenters. The van der Waals surface area contributed by atoms with Crippen LogP contribution in [0, 0.1) is 0 Å². The van der Waals surface area contributed by atoms with Gasteiger partial charge >= 0.3 is 0 Å². The van der Waals surface area contributed by atoms with Crippen molar-refractivity contribution in [2.45, 2.75) is 6.61 Å². The summed E-state index contributed by atoms with van der Waals surface area (Å²) in [7, 11) is 7.17. The van der Waals surface area contributed by atoms with Crippen molar-refractivity contribution in [1.82, 2.24) is 0 Å². The van der Waals surface area contributed by atoms with E-state index in [9.17, 15) is 0 Å². The number of hydrogen-bond donors (Lipinski definition) is 0. The molecule has 1 aromatic carbocycles. The standard InChI is InChI=1S/C9H11BO2/c1-11-7-12-6-8-3-2-4-9(10)5-8/h2-5H,6-7H2,1H3. The third-order valence-electron chi connectivity index (χ3n) is 1.42. The second-order valence-electron chi connectivity index (χ2n) is 2.50. The quantitative estimate of drug-likeness (QED) is 0.366. The molecule has 0 spiro atoms. The fourth-order valence-electron chi connectivity index (χ4n) is 0.926. The first-order valence-electron chi connectivity index (χ1n) is 3.74. The Bertz CT molecular complexity index is 238. The normalized spacial score (nSPS) is 10.1. The molecule has 1 rings (SSSR count). The minimum absolute atomic E-state index is 0.314. The molecule has 0 aliphatic carbocycles. The molecule has 3 heteroatoms. The monoisotopic (exact) mass is 162 g/mol. The van der Waals surface area contributed by atoms with Gasteiger partial charge in [-0.2, -0.15) is 0 Å². The van der Waals surface area contributed by atoms with Gasteiger partial charge in [0, 0.05) is 7.11 Å². The Hall–Kier alpha value is -0.795. The SMILES string of the molecule is [B]c1cccc(COCOC)c1. The lowest BCUT2D eigenvalue weighted by Gasteiger charge is -2.03. The molecule has 0 aromatic heterocycles. The van der Waals surface area contributed by atoms with Crippen molar-refractivity contribution in [3.8, 4) is 0 Å². The van der Waals surface area contributed by atoms with Crippen LogP contribution in [-0.2, 0) is 16.1 Å². The molecule has 12 heavy (non-hydrogen) atoms. The van der Waals surface area contributed by atoms with Gasteiger partial charge in [0.2, 0.25) is 0 Å². The lowest BCUT2D eigenvalue weighted by molar-refractivity contribution is -0.0390. The van der Waals surface area contributed by atoms with Crippen LogP contribution in [0.3, 0.4) is 0 Å². The Morgan fingerprint density at radius 2 is 2.25 bits per heavy atom. The number of methoxy groups -OCH3 is 1. The average molecular weight is 162 g/mol. The van der Waals surface area contributed by atoms with Crippen LogP contribution in [0.5, 0.6) is 0 Å². The molecule has 0 amide bonds. The van der Waals surface area contributed by atoms with Crippen LogP contribution in [0.15, 0.2) is 24.3 Å². The zero-order valence-electron chi connectivity index (χ0n) is 7.12. The molecule has 0 saturated carbocycles. The van der Waals surface area contributed by atoms with Gasteiger partial charge in [-0.3, -0.25) is 0 Å². The van der Waals surface area contributed by atoms with Crippen LogP contribution in [0.2, 0.25) is 0 Å². The highest BCUT2D eigenvalue weighted by Gasteiger charge is 1.91. The lowest BCUT2D eigenvalue weighted by atomic mass is 9.95. The van der Waals surface area contributed by atoms with E-state index in [1.165, 1.54) is 0 Å². The molecule has 0 heterocycles. The molecule has 0 unspecified atom stereocenters. The number of rotatable bonds is 4. The van der Waals surface area contributed by atoms with Gasteiger partial charge in [0.1, 0.15) is 14.6 Å². The van der Waals surface area contributed by atoms with E-state index in [1.54, 1.807) is 7.11 Å². The molecular formula is C9H11BO2. The highest BCUT2D eigenvalue weighted by Crippen LogP contribution is 1.97. The van der Waals surface area contributed by atoms with Gasteiger partial charge in [0.05, 0.1) is 6.61 Å². The van der Waals surface area contributed by atoms with E-state index in [4.69, 9.17) is 17.3 Å².